The van der Waals surface area contributed by atoms with E-state index in [1.54, 1.807) is 35.3 Å². The molecule has 0 aliphatic heterocycles. The molecule has 5 nitrogen and oxygen atoms in total. The van der Waals surface area contributed by atoms with Crippen molar-refractivity contribution < 1.29 is 9.18 Å². The van der Waals surface area contributed by atoms with E-state index in [1.165, 1.54) is 12.1 Å². The molecule has 0 amide bonds. The molecule has 0 spiro atoms. The summed E-state index contributed by atoms with van der Waals surface area (Å²) >= 11 is 0. The lowest BCUT2D eigenvalue weighted by Crippen LogP contribution is -2.04. The summed E-state index contributed by atoms with van der Waals surface area (Å²) in [5.74, 6) is -0.293. The summed E-state index contributed by atoms with van der Waals surface area (Å²) in [6.07, 6.45) is 3.96. The first kappa shape index (κ1) is 13.1. The quantitative estimate of drug-likeness (QED) is 0.689. The van der Waals surface area contributed by atoms with Gasteiger partial charge < -0.3 is 0 Å². The molecule has 3 rings (SSSR count). The summed E-state index contributed by atoms with van der Waals surface area (Å²) in [5.41, 5.74) is 2.48. The van der Waals surface area contributed by atoms with Gasteiger partial charge in [0.1, 0.15) is 11.5 Å². The molecule has 0 aliphatic carbocycles. The first-order valence-electron chi connectivity index (χ1n) is 6.31. The van der Waals surface area contributed by atoms with E-state index >= 15 is 0 Å². The fraction of sp³-hybridized carbons (Fsp3) is 0.0667. The Labute approximate surface area is 120 Å². The molecule has 0 radical (unpaired) electrons. The number of pyridine rings is 1. The Morgan fingerprint density at radius 2 is 2.00 bits per heavy atom. The molecular formula is C15H11FN4O. The lowest BCUT2D eigenvalue weighted by atomic mass is 10.1. The molecule has 2 heterocycles. The predicted octanol–water partition coefficient (Wildman–Crippen LogP) is 2.34. The maximum Gasteiger partial charge on any atom is 0.172 e. The van der Waals surface area contributed by atoms with Gasteiger partial charge in [-0.1, -0.05) is 17.3 Å². The van der Waals surface area contributed by atoms with Crippen molar-refractivity contribution in [2.45, 2.75) is 6.54 Å². The average molecular weight is 282 g/mol. The van der Waals surface area contributed by atoms with Crippen LogP contribution in [0.2, 0.25) is 0 Å². The lowest BCUT2D eigenvalue weighted by Gasteiger charge is -2.07. The van der Waals surface area contributed by atoms with E-state index in [0.717, 1.165) is 11.1 Å². The SMILES string of the molecule is O=Cc1nnn(Cc2ccc(F)cc2)c1-c1cccnc1. The maximum atomic E-state index is 12.9. The van der Waals surface area contributed by atoms with E-state index in [-0.39, 0.29) is 11.5 Å². The van der Waals surface area contributed by atoms with Gasteiger partial charge in [0.05, 0.1) is 6.54 Å². The zero-order valence-electron chi connectivity index (χ0n) is 11.0. The normalized spacial score (nSPS) is 10.5. The zero-order chi connectivity index (χ0) is 14.7. The molecule has 0 bridgehead atoms. The van der Waals surface area contributed by atoms with Gasteiger partial charge in [0, 0.05) is 18.0 Å². The number of halogens is 1. The van der Waals surface area contributed by atoms with Crippen LogP contribution in [0.3, 0.4) is 0 Å². The molecule has 0 saturated heterocycles. The van der Waals surface area contributed by atoms with E-state index in [1.807, 2.05) is 6.07 Å². The summed E-state index contributed by atoms with van der Waals surface area (Å²) in [4.78, 5) is 15.2. The largest absolute Gasteiger partial charge is 0.296 e. The summed E-state index contributed by atoms with van der Waals surface area (Å²) in [6.45, 7) is 0.394. The number of aromatic nitrogens is 4. The van der Waals surface area contributed by atoms with Crippen molar-refractivity contribution in [3.05, 3.63) is 65.9 Å². The molecule has 6 heteroatoms. The van der Waals surface area contributed by atoms with Crippen LogP contribution in [0, 0.1) is 5.82 Å². The van der Waals surface area contributed by atoms with E-state index in [9.17, 15) is 9.18 Å². The van der Waals surface area contributed by atoms with Gasteiger partial charge in [-0.3, -0.25) is 9.78 Å². The number of nitrogens with zero attached hydrogens (tertiary/aromatic N) is 4. The van der Waals surface area contributed by atoms with Crippen LogP contribution in [0.5, 0.6) is 0 Å². The highest BCUT2D eigenvalue weighted by Gasteiger charge is 2.14. The van der Waals surface area contributed by atoms with Gasteiger partial charge >= 0.3 is 0 Å². The van der Waals surface area contributed by atoms with E-state index in [2.05, 4.69) is 15.3 Å². The third kappa shape index (κ3) is 2.69. The lowest BCUT2D eigenvalue weighted by molar-refractivity contribution is 0.111. The van der Waals surface area contributed by atoms with Crippen molar-refractivity contribution in [1.82, 2.24) is 20.0 Å². The maximum absolute atomic E-state index is 12.9. The van der Waals surface area contributed by atoms with Gasteiger partial charge in [0.25, 0.3) is 0 Å². The fourth-order valence-corrected chi connectivity index (χ4v) is 2.08. The van der Waals surface area contributed by atoms with Crippen LogP contribution >= 0.6 is 0 Å². The monoisotopic (exact) mass is 282 g/mol. The molecule has 0 fully saturated rings. The minimum Gasteiger partial charge on any atom is -0.296 e. The van der Waals surface area contributed by atoms with E-state index in [0.29, 0.717) is 18.5 Å². The molecule has 21 heavy (non-hydrogen) atoms. The predicted molar refractivity (Wildman–Crippen MR) is 74.1 cm³/mol. The van der Waals surface area contributed by atoms with E-state index in [4.69, 9.17) is 0 Å². The highest BCUT2D eigenvalue weighted by molar-refractivity contribution is 5.82. The Hall–Kier alpha value is -2.89. The van der Waals surface area contributed by atoms with Crippen molar-refractivity contribution in [2.75, 3.05) is 0 Å². The summed E-state index contributed by atoms with van der Waals surface area (Å²) in [5, 5.41) is 7.86. The van der Waals surface area contributed by atoms with Gasteiger partial charge in [-0.25, -0.2) is 9.07 Å². The highest BCUT2D eigenvalue weighted by Crippen LogP contribution is 2.21. The molecular weight excluding hydrogens is 271 g/mol. The Kier molecular flexibility index (Phi) is 3.51. The second kappa shape index (κ2) is 5.62. The van der Waals surface area contributed by atoms with Crippen LogP contribution in [0.4, 0.5) is 4.39 Å². The molecule has 0 unspecified atom stereocenters. The van der Waals surface area contributed by atoms with Gasteiger partial charge in [-0.05, 0) is 29.8 Å². The van der Waals surface area contributed by atoms with Gasteiger partial charge in [-0.15, -0.1) is 5.10 Å². The minimum atomic E-state index is -0.293. The second-order valence-electron chi connectivity index (χ2n) is 4.47. The Balaban J connectivity index is 2.01. The standard InChI is InChI=1S/C15H11FN4O/c16-13-5-3-11(4-6-13)9-20-15(14(10-21)18-19-20)12-2-1-7-17-8-12/h1-8,10H,9H2. The molecule has 0 saturated carbocycles. The highest BCUT2D eigenvalue weighted by atomic mass is 19.1. The third-order valence-corrected chi connectivity index (χ3v) is 3.05. The Morgan fingerprint density at radius 1 is 1.19 bits per heavy atom. The topological polar surface area (TPSA) is 60.7 Å². The summed E-state index contributed by atoms with van der Waals surface area (Å²) in [6, 6.07) is 9.72. The molecule has 2 aromatic heterocycles. The van der Waals surface area contributed by atoms with Crippen molar-refractivity contribution in [2.24, 2.45) is 0 Å². The van der Waals surface area contributed by atoms with Crippen LogP contribution < -0.4 is 0 Å². The van der Waals surface area contributed by atoms with Crippen molar-refractivity contribution >= 4 is 6.29 Å². The number of benzene rings is 1. The summed E-state index contributed by atoms with van der Waals surface area (Å²) in [7, 11) is 0. The fourth-order valence-electron chi connectivity index (χ4n) is 2.08. The second-order valence-corrected chi connectivity index (χ2v) is 4.47. The van der Waals surface area contributed by atoms with Crippen LogP contribution in [-0.2, 0) is 6.54 Å². The van der Waals surface area contributed by atoms with Gasteiger partial charge in [-0.2, -0.15) is 0 Å². The van der Waals surface area contributed by atoms with Gasteiger partial charge in [0.15, 0.2) is 12.0 Å². The van der Waals surface area contributed by atoms with Gasteiger partial charge in [0.2, 0.25) is 0 Å². The van der Waals surface area contributed by atoms with Crippen molar-refractivity contribution in [1.29, 1.82) is 0 Å². The molecule has 0 aliphatic rings. The van der Waals surface area contributed by atoms with Crippen molar-refractivity contribution in [3.63, 3.8) is 0 Å². The van der Waals surface area contributed by atoms with Crippen LogP contribution in [0.25, 0.3) is 11.3 Å². The average Bonchev–Trinajstić information content (AvgIpc) is 2.93. The van der Waals surface area contributed by atoms with Crippen LogP contribution in [0.15, 0.2) is 48.8 Å². The van der Waals surface area contributed by atoms with E-state index < -0.39 is 0 Å². The van der Waals surface area contributed by atoms with Crippen LogP contribution in [0.1, 0.15) is 16.1 Å². The molecule has 1 aromatic carbocycles. The number of carbonyl (C=O) groups excluding carboxylic acids is 1. The smallest absolute Gasteiger partial charge is 0.172 e. The minimum absolute atomic E-state index is 0.255. The summed E-state index contributed by atoms with van der Waals surface area (Å²) < 4.78 is 14.5. The number of hydrogen-bond donors (Lipinski definition) is 0. The molecule has 3 aromatic rings. The molecule has 0 atom stereocenters. The van der Waals surface area contributed by atoms with Crippen molar-refractivity contribution in [3.8, 4) is 11.3 Å². The molecule has 104 valence electrons. The number of hydrogen-bond acceptors (Lipinski definition) is 4. The Morgan fingerprint density at radius 3 is 2.67 bits per heavy atom. The number of aldehydes is 1. The van der Waals surface area contributed by atoms with Crippen LogP contribution in [-0.4, -0.2) is 26.3 Å². The first-order chi connectivity index (χ1) is 10.3. The zero-order valence-corrected chi connectivity index (χ0v) is 11.0. The number of carbonyl (C=O) groups is 1. The first-order valence-corrected chi connectivity index (χ1v) is 6.31. The number of rotatable bonds is 4. The molecule has 0 N–H and O–H groups in total. The Bertz CT molecular complexity index is 753. The third-order valence-electron chi connectivity index (χ3n) is 3.05.